The minimum atomic E-state index is 0.691. The minimum Gasteiger partial charge on any atom is -0.370 e. The number of rotatable bonds is 6. The van der Waals surface area contributed by atoms with Crippen LogP contribution in [0.5, 0.6) is 0 Å². The van der Waals surface area contributed by atoms with Crippen molar-refractivity contribution in [3.05, 3.63) is 34.2 Å². The van der Waals surface area contributed by atoms with Crippen molar-refractivity contribution in [1.82, 2.24) is 9.97 Å². The fourth-order valence-corrected chi connectivity index (χ4v) is 2.37. The van der Waals surface area contributed by atoms with Gasteiger partial charge in [-0.3, -0.25) is 0 Å². The lowest BCUT2D eigenvalue weighted by Gasteiger charge is -2.08. The Morgan fingerprint density at radius 3 is 2.89 bits per heavy atom. The van der Waals surface area contributed by atoms with Gasteiger partial charge >= 0.3 is 0 Å². The first-order valence-electron chi connectivity index (χ1n) is 6.13. The molecule has 0 spiro atoms. The maximum atomic E-state index is 4.41. The van der Waals surface area contributed by atoms with Gasteiger partial charge in [0.15, 0.2) is 0 Å². The maximum absolute atomic E-state index is 4.41. The van der Waals surface area contributed by atoms with Crippen molar-refractivity contribution in [3.8, 4) is 0 Å². The topological polar surface area (TPSA) is 49.8 Å². The van der Waals surface area contributed by atoms with E-state index in [4.69, 9.17) is 0 Å². The number of aromatic nitrogens is 2. The molecule has 2 aromatic rings. The molecule has 2 rings (SSSR count). The minimum absolute atomic E-state index is 0.691. The Bertz CT molecular complexity index is 482. The SMILES string of the molecule is CCNc1nc(C)cc(NCCc2cccs2)n1. The molecule has 4 nitrogen and oxygen atoms in total. The van der Waals surface area contributed by atoms with E-state index in [1.165, 1.54) is 4.88 Å². The lowest BCUT2D eigenvalue weighted by Crippen LogP contribution is -2.09. The van der Waals surface area contributed by atoms with E-state index in [2.05, 4.69) is 38.1 Å². The molecule has 96 valence electrons. The molecule has 0 aliphatic rings. The van der Waals surface area contributed by atoms with Crippen LogP contribution < -0.4 is 10.6 Å². The fraction of sp³-hybridized carbons (Fsp3) is 0.385. The van der Waals surface area contributed by atoms with Gasteiger partial charge in [-0.15, -0.1) is 11.3 Å². The summed E-state index contributed by atoms with van der Waals surface area (Å²) in [6.07, 6.45) is 1.03. The molecule has 2 heterocycles. The molecule has 0 aliphatic carbocycles. The van der Waals surface area contributed by atoms with E-state index in [0.29, 0.717) is 5.95 Å². The predicted molar refractivity (Wildman–Crippen MR) is 77.4 cm³/mol. The molecule has 0 fully saturated rings. The predicted octanol–water partition coefficient (Wildman–Crippen LogP) is 2.93. The van der Waals surface area contributed by atoms with E-state index in [9.17, 15) is 0 Å². The van der Waals surface area contributed by atoms with Crippen LogP contribution in [0, 0.1) is 6.92 Å². The van der Waals surface area contributed by atoms with Crippen molar-refractivity contribution in [3.63, 3.8) is 0 Å². The average Bonchev–Trinajstić information content (AvgIpc) is 2.82. The number of anilines is 2. The number of thiophene rings is 1. The second kappa shape index (κ2) is 6.35. The fourth-order valence-electron chi connectivity index (χ4n) is 1.66. The van der Waals surface area contributed by atoms with Gasteiger partial charge in [0.25, 0.3) is 0 Å². The van der Waals surface area contributed by atoms with E-state index >= 15 is 0 Å². The monoisotopic (exact) mass is 262 g/mol. The highest BCUT2D eigenvalue weighted by atomic mass is 32.1. The Morgan fingerprint density at radius 1 is 1.28 bits per heavy atom. The van der Waals surface area contributed by atoms with E-state index in [1.54, 1.807) is 11.3 Å². The number of nitrogens with zero attached hydrogens (tertiary/aromatic N) is 2. The largest absolute Gasteiger partial charge is 0.370 e. The molecule has 0 amide bonds. The summed E-state index contributed by atoms with van der Waals surface area (Å²) in [5, 5.41) is 8.58. The third-order valence-corrected chi connectivity index (χ3v) is 3.38. The molecule has 0 bridgehead atoms. The van der Waals surface area contributed by atoms with Crippen LogP contribution >= 0.6 is 11.3 Å². The van der Waals surface area contributed by atoms with Crippen molar-refractivity contribution in [1.29, 1.82) is 0 Å². The van der Waals surface area contributed by atoms with Crippen LogP contribution in [0.3, 0.4) is 0 Å². The molecule has 0 saturated heterocycles. The van der Waals surface area contributed by atoms with Crippen molar-refractivity contribution >= 4 is 23.1 Å². The average molecular weight is 262 g/mol. The third-order valence-electron chi connectivity index (χ3n) is 2.45. The van der Waals surface area contributed by atoms with Crippen LogP contribution in [-0.4, -0.2) is 23.1 Å². The van der Waals surface area contributed by atoms with Gasteiger partial charge in [-0.25, -0.2) is 4.98 Å². The highest BCUT2D eigenvalue weighted by molar-refractivity contribution is 7.09. The summed E-state index contributed by atoms with van der Waals surface area (Å²) in [6.45, 7) is 5.74. The van der Waals surface area contributed by atoms with Gasteiger partial charge in [0.1, 0.15) is 5.82 Å². The van der Waals surface area contributed by atoms with Crippen molar-refractivity contribution in [2.45, 2.75) is 20.3 Å². The van der Waals surface area contributed by atoms with Gasteiger partial charge in [-0.1, -0.05) is 6.07 Å². The number of nitrogens with one attached hydrogen (secondary N) is 2. The molecule has 5 heteroatoms. The molecular formula is C13H18N4S. The zero-order valence-corrected chi connectivity index (χ0v) is 11.5. The number of hydrogen-bond donors (Lipinski definition) is 2. The lowest BCUT2D eigenvalue weighted by molar-refractivity contribution is 1.000. The van der Waals surface area contributed by atoms with E-state index < -0.39 is 0 Å². The lowest BCUT2D eigenvalue weighted by atomic mass is 10.3. The summed E-state index contributed by atoms with van der Waals surface area (Å²) in [7, 11) is 0. The summed E-state index contributed by atoms with van der Waals surface area (Å²) in [4.78, 5) is 10.1. The third kappa shape index (κ3) is 3.70. The smallest absolute Gasteiger partial charge is 0.224 e. The second-order valence-electron chi connectivity index (χ2n) is 4.00. The van der Waals surface area contributed by atoms with Crippen molar-refractivity contribution in [2.24, 2.45) is 0 Å². The molecule has 2 aromatic heterocycles. The Balaban J connectivity index is 1.92. The summed E-state index contributed by atoms with van der Waals surface area (Å²) in [5.74, 6) is 1.58. The van der Waals surface area contributed by atoms with Crippen LogP contribution in [0.15, 0.2) is 23.6 Å². The molecule has 18 heavy (non-hydrogen) atoms. The molecule has 0 aliphatic heterocycles. The Morgan fingerprint density at radius 2 is 2.17 bits per heavy atom. The Hall–Kier alpha value is -1.62. The van der Waals surface area contributed by atoms with Gasteiger partial charge in [0, 0.05) is 29.7 Å². The van der Waals surface area contributed by atoms with Crippen LogP contribution in [0.4, 0.5) is 11.8 Å². The standard InChI is InChI=1S/C13H18N4S/c1-3-14-13-16-10(2)9-12(17-13)15-7-6-11-5-4-8-18-11/h4-5,8-9H,3,6-7H2,1-2H3,(H2,14,15,16,17). The maximum Gasteiger partial charge on any atom is 0.224 e. The van der Waals surface area contributed by atoms with Crippen LogP contribution in [0.2, 0.25) is 0 Å². The first-order valence-corrected chi connectivity index (χ1v) is 7.01. The Kier molecular flexibility index (Phi) is 4.52. The van der Waals surface area contributed by atoms with E-state index in [1.807, 2.05) is 19.9 Å². The summed E-state index contributed by atoms with van der Waals surface area (Å²) < 4.78 is 0. The van der Waals surface area contributed by atoms with Crippen molar-refractivity contribution < 1.29 is 0 Å². The summed E-state index contributed by atoms with van der Waals surface area (Å²) in [5.41, 5.74) is 0.972. The second-order valence-corrected chi connectivity index (χ2v) is 5.04. The van der Waals surface area contributed by atoms with Gasteiger partial charge in [0.05, 0.1) is 0 Å². The van der Waals surface area contributed by atoms with Crippen LogP contribution in [0.1, 0.15) is 17.5 Å². The summed E-state index contributed by atoms with van der Waals surface area (Å²) >= 11 is 1.79. The van der Waals surface area contributed by atoms with Crippen LogP contribution in [-0.2, 0) is 6.42 Å². The van der Waals surface area contributed by atoms with Gasteiger partial charge in [-0.2, -0.15) is 4.98 Å². The van der Waals surface area contributed by atoms with E-state index in [-0.39, 0.29) is 0 Å². The highest BCUT2D eigenvalue weighted by Crippen LogP contribution is 2.11. The molecular weight excluding hydrogens is 244 g/mol. The van der Waals surface area contributed by atoms with Gasteiger partial charge in [0.2, 0.25) is 5.95 Å². The van der Waals surface area contributed by atoms with Gasteiger partial charge in [-0.05, 0) is 31.7 Å². The zero-order valence-electron chi connectivity index (χ0n) is 10.7. The Labute approximate surface area is 111 Å². The van der Waals surface area contributed by atoms with Crippen molar-refractivity contribution in [2.75, 3.05) is 23.7 Å². The first-order chi connectivity index (χ1) is 8.78. The number of aryl methyl sites for hydroxylation is 1. The molecule has 0 atom stereocenters. The molecule has 0 saturated carbocycles. The normalized spacial score (nSPS) is 10.3. The molecule has 0 unspecified atom stereocenters. The quantitative estimate of drug-likeness (QED) is 0.840. The molecule has 0 aromatic carbocycles. The van der Waals surface area contributed by atoms with Crippen LogP contribution in [0.25, 0.3) is 0 Å². The van der Waals surface area contributed by atoms with E-state index in [0.717, 1.165) is 31.0 Å². The number of hydrogen-bond acceptors (Lipinski definition) is 5. The zero-order chi connectivity index (χ0) is 12.8. The summed E-state index contributed by atoms with van der Waals surface area (Å²) in [6, 6.07) is 6.20. The highest BCUT2D eigenvalue weighted by Gasteiger charge is 2.01. The van der Waals surface area contributed by atoms with Gasteiger partial charge < -0.3 is 10.6 Å². The first kappa shape index (κ1) is 12.8. The molecule has 0 radical (unpaired) electrons. The molecule has 2 N–H and O–H groups in total.